The van der Waals surface area contributed by atoms with Gasteiger partial charge < -0.3 is 5.11 Å². The minimum Gasteiger partial charge on any atom is -0.396 e. The van der Waals surface area contributed by atoms with Crippen LogP contribution in [0.4, 0.5) is 0 Å². The summed E-state index contributed by atoms with van der Waals surface area (Å²) in [6.07, 6.45) is 7.15. The topological polar surface area (TPSA) is 20.2 Å². The van der Waals surface area contributed by atoms with Gasteiger partial charge in [0.15, 0.2) is 0 Å². The fourth-order valence-electron chi connectivity index (χ4n) is 1.61. The van der Waals surface area contributed by atoms with Crippen molar-refractivity contribution < 1.29 is 5.11 Å². The third-order valence-corrected chi connectivity index (χ3v) is 2.51. The molecule has 0 radical (unpaired) electrons. The molecular weight excluding hydrogens is 184 g/mol. The van der Waals surface area contributed by atoms with Gasteiger partial charge in [0.25, 0.3) is 0 Å². The molecule has 0 saturated carbocycles. The van der Waals surface area contributed by atoms with Crippen molar-refractivity contribution in [1.82, 2.24) is 0 Å². The number of aliphatic hydroxyl groups excluding tert-OH is 1. The highest BCUT2D eigenvalue weighted by atomic mass is 16.2. The summed E-state index contributed by atoms with van der Waals surface area (Å²) in [6.45, 7) is 2.44. The lowest BCUT2D eigenvalue weighted by molar-refractivity contribution is 0.299. The standard InChI is InChI=1S/C8H10O.C6H10/c9-7-6-8-4-2-1-3-5-8;1-6-4-2-3-5-6/h1-5,9H,6-7H2;4H,2-3,5H2,1H3. The summed E-state index contributed by atoms with van der Waals surface area (Å²) in [6, 6.07) is 9.95. The quantitative estimate of drug-likeness (QED) is 0.732. The molecule has 0 unspecified atom stereocenters. The number of benzene rings is 1. The van der Waals surface area contributed by atoms with Crippen molar-refractivity contribution in [2.24, 2.45) is 0 Å². The van der Waals surface area contributed by atoms with Gasteiger partial charge >= 0.3 is 0 Å². The van der Waals surface area contributed by atoms with Gasteiger partial charge in [0.05, 0.1) is 0 Å². The molecule has 1 aromatic rings. The molecule has 1 aliphatic carbocycles. The molecule has 0 fully saturated rings. The zero-order valence-electron chi connectivity index (χ0n) is 9.45. The molecule has 0 atom stereocenters. The average molecular weight is 204 g/mol. The van der Waals surface area contributed by atoms with Crippen LogP contribution in [0.15, 0.2) is 42.0 Å². The summed E-state index contributed by atoms with van der Waals surface area (Å²) < 4.78 is 0. The minimum absolute atomic E-state index is 0.240. The van der Waals surface area contributed by atoms with Gasteiger partial charge in [-0.2, -0.15) is 0 Å². The Morgan fingerprint density at radius 3 is 2.33 bits per heavy atom. The van der Waals surface area contributed by atoms with E-state index in [1.807, 2.05) is 30.3 Å². The molecule has 1 N–H and O–H groups in total. The van der Waals surface area contributed by atoms with Crippen LogP contribution in [0.3, 0.4) is 0 Å². The van der Waals surface area contributed by atoms with Crippen LogP contribution in [0.2, 0.25) is 0 Å². The predicted molar refractivity (Wildman–Crippen MR) is 64.8 cm³/mol. The van der Waals surface area contributed by atoms with Crippen LogP contribution in [0, 0.1) is 0 Å². The lowest BCUT2D eigenvalue weighted by atomic mass is 10.2. The molecule has 0 heterocycles. The Hall–Kier alpha value is -1.08. The third kappa shape index (κ3) is 5.38. The lowest BCUT2D eigenvalue weighted by Gasteiger charge is -1.93. The van der Waals surface area contributed by atoms with Gasteiger partial charge in [-0.1, -0.05) is 42.0 Å². The minimum atomic E-state index is 0.240. The molecule has 0 aliphatic heterocycles. The van der Waals surface area contributed by atoms with E-state index >= 15 is 0 Å². The first-order chi connectivity index (χ1) is 7.33. The Morgan fingerprint density at radius 1 is 1.20 bits per heavy atom. The van der Waals surface area contributed by atoms with Gasteiger partial charge in [-0.15, -0.1) is 0 Å². The monoisotopic (exact) mass is 204 g/mol. The van der Waals surface area contributed by atoms with E-state index in [0.29, 0.717) is 0 Å². The Kier molecular flexibility index (Phi) is 5.79. The van der Waals surface area contributed by atoms with Crippen LogP contribution in [0.5, 0.6) is 0 Å². The van der Waals surface area contributed by atoms with Crippen molar-refractivity contribution in [1.29, 1.82) is 0 Å². The van der Waals surface area contributed by atoms with E-state index in [9.17, 15) is 0 Å². The third-order valence-electron chi connectivity index (χ3n) is 2.51. The van der Waals surface area contributed by atoms with Crippen molar-refractivity contribution in [2.45, 2.75) is 32.6 Å². The molecule has 82 valence electrons. The number of hydrogen-bond acceptors (Lipinski definition) is 1. The molecule has 15 heavy (non-hydrogen) atoms. The van der Waals surface area contributed by atoms with E-state index < -0.39 is 0 Å². The molecule has 0 bridgehead atoms. The largest absolute Gasteiger partial charge is 0.396 e. The summed E-state index contributed by atoms with van der Waals surface area (Å²) in [5.74, 6) is 0. The summed E-state index contributed by atoms with van der Waals surface area (Å²) in [7, 11) is 0. The van der Waals surface area contributed by atoms with Crippen LogP contribution < -0.4 is 0 Å². The molecule has 1 aromatic carbocycles. The second-order valence-electron chi connectivity index (χ2n) is 3.90. The van der Waals surface area contributed by atoms with Gasteiger partial charge in [0.1, 0.15) is 0 Å². The molecule has 0 amide bonds. The highest BCUT2D eigenvalue weighted by molar-refractivity contribution is 5.14. The Balaban J connectivity index is 0.000000162. The van der Waals surface area contributed by atoms with Crippen LogP contribution in [0.25, 0.3) is 0 Å². The first kappa shape index (κ1) is 12.0. The molecule has 1 aliphatic rings. The van der Waals surface area contributed by atoms with Crippen LogP contribution in [-0.2, 0) is 6.42 Å². The summed E-state index contributed by atoms with van der Waals surface area (Å²) in [5, 5.41) is 8.52. The summed E-state index contributed by atoms with van der Waals surface area (Å²) in [5.41, 5.74) is 2.77. The Labute approximate surface area is 92.5 Å². The second kappa shape index (κ2) is 7.24. The van der Waals surface area contributed by atoms with E-state index in [1.165, 1.54) is 24.8 Å². The van der Waals surface area contributed by atoms with E-state index in [4.69, 9.17) is 5.11 Å². The van der Waals surface area contributed by atoms with E-state index in [1.54, 1.807) is 5.57 Å². The van der Waals surface area contributed by atoms with Gasteiger partial charge in [-0.25, -0.2) is 0 Å². The SMILES string of the molecule is CC1=CCCC1.OCCc1ccccc1. The maximum atomic E-state index is 8.52. The predicted octanol–water partition coefficient (Wildman–Crippen LogP) is 3.34. The lowest BCUT2D eigenvalue weighted by Crippen LogP contribution is -1.88. The number of aliphatic hydroxyl groups is 1. The Morgan fingerprint density at radius 2 is 1.93 bits per heavy atom. The molecule has 0 aromatic heterocycles. The van der Waals surface area contributed by atoms with Gasteiger partial charge in [0, 0.05) is 6.61 Å². The first-order valence-corrected chi connectivity index (χ1v) is 5.63. The number of rotatable bonds is 2. The van der Waals surface area contributed by atoms with Gasteiger partial charge in [0.2, 0.25) is 0 Å². The highest BCUT2D eigenvalue weighted by Gasteiger charge is 1.95. The molecule has 1 heteroatoms. The molecule has 0 spiro atoms. The van der Waals surface area contributed by atoms with Crippen molar-refractivity contribution in [3.05, 3.63) is 47.5 Å². The van der Waals surface area contributed by atoms with Gasteiger partial charge in [-0.3, -0.25) is 0 Å². The molecular formula is C14H20O. The number of hydrogen-bond donors (Lipinski definition) is 1. The molecule has 2 rings (SSSR count). The normalized spacial score (nSPS) is 14.1. The second-order valence-corrected chi connectivity index (χ2v) is 3.90. The van der Waals surface area contributed by atoms with Crippen molar-refractivity contribution in [2.75, 3.05) is 6.61 Å². The fraction of sp³-hybridized carbons (Fsp3) is 0.429. The Bertz CT molecular complexity index is 287. The van der Waals surface area contributed by atoms with E-state index in [2.05, 4.69) is 13.0 Å². The smallest absolute Gasteiger partial charge is 0.0471 e. The van der Waals surface area contributed by atoms with Crippen LogP contribution >= 0.6 is 0 Å². The summed E-state index contributed by atoms with van der Waals surface area (Å²) in [4.78, 5) is 0. The summed E-state index contributed by atoms with van der Waals surface area (Å²) >= 11 is 0. The van der Waals surface area contributed by atoms with Gasteiger partial charge in [-0.05, 0) is 38.2 Å². The molecule has 1 nitrogen and oxygen atoms in total. The fourth-order valence-corrected chi connectivity index (χ4v) is 1.61. The van der Waals surface area contributed by atoms with Crippen LogP contribution in [-0.4, -0.2) is 11.7 Å². The number of allylic oxidation sites excluding steroid dienone is 2. The highest BCUT2D eigenvalue weighted by Crippen LogP contribution is 2.15. The zero-order chi connectivity index (χ0) is 10.9. The average Bonchev–Trinajstić information content (AvgIpc) is 2.72. The first-order valence-electron chi connectivity index (χ1n) is 5.63. The zero-order valence-corrected chi connectivity index (χ0v) is 9.45. The van der Waals surface area contributed by atoms with Crippen molar-refractivity contribution in [3.8, 4) is 0 Å². The van der Waals surface area contributed by atoms with Crippen molar-refractivity contribution >= 4 is 0 Å². The van der Waals surface area contributed by atoms with E-state index in [0.717, 1.165) is 6.42 Å². The van der Waals surface area contributed by atoms with Crippen molar-refractivity contribution in [3.63, 3.8) is 0 Å². The van der Waals surface area contributed by atoms with Crippen LogP contribution in [0.1, 0.15) is 31.7 Å². The van der Waals surface area contributed by atoms with E-state index in [-0.39, 0.29) is 6.61 Å². The molecule has 0 saturated heterocycles. The maximum Gasteiger partial charge on any atom is 0.0471 e. The maximum absolute atomic E-state index is 8.52.